The largest absolute Gasteiger partial charge is 0.493 e. The summed E-state index contributed by atoms with van der Waals surface area (Å²) >= 11 is 1.11. The predicted molar refractivity (Wildman–Crippen MR) is 151 cm³/mol. The molecule has 4 aromatic rings. The number of ether oxygens (including phenoxy) is 1. The number of hydrogen-bond acceptors (Lipinski definition) is 7. The first-order chi connectivity index (χ1) is 17.8. The van der Waals surface area contributed by atoms with E-state index in [1.807, 2.05) is 32.0 Å². The number of aromatic nitrogens is 2. The van der Waals surface area contributed by atoms with E-state index >= 15 is 0 Å². The maximum absolute atomic E-state index is 14.8. The molecule has 0 saturated heterocycles. The Labute approximate surface area is 227 Å². The summed E-state index contributed by atoms with van der Waals surface area (Å²) in [5.74, 6) is -0.177. The maximum Gasteiger partial charge on any atom is 0.267 e. The fourth-order valence-corrected chi connectivity index (χ4v) is 6.25. The van der Waals surface area contributed by atoms with Gasteiger partial charge in [0.25, 0.3) is 10.0 Å². The lowest BCUT2D eigenvalue weighted by Gasteiger charge is -2.18. The molecule has 0 amide bonds. The highest BCUT2D eigenvalue weighted by molar-refractivity contribution is 7.93. The summed E-state index contributed by atoms with van der Waals surface area (Å²) in [4.78, 5) is 9.01. The Balaban J connectivity index is 1.80. The van der Waals surface area contributed by atoms with Gasteiger partial charge in [0, 0.05) is 23.4 Å². The summed E-state index contributed by atoms with van der Waals surface area (Å²) in [6, 6.07) is 13.2. The number of nitrogens with one attached hydrogen (secondary N) is 1. The summed E-state index contributed by atoms with van der Waals surface area (Å²) in [7, 11) is -4.06. The summed E-state index contributed by atoms with van der Waals surface area (Å²) in [5, 5.41) is 0.125. The molecule has 7 nitrogen and oxygen atoms in total. The van der Waals surface area contributed by atoms with E-state index in [9.17, 15) is 12.8 Å². The molecule has 0 aliphatic rings. The van der Waals surface area contributed by atoms with Crippen molar-refractivity contribution in [3.8, 4) is 27.4 Å². The maximum atomic E-state index is 14.8. The van der Waals surface area contributed by atoms with E-state index in [2.05, 4.69) is 35.5 Å². The number of nitrogens with two attached hydrogens (primary N) is 1. The number of nitrogen functional groups attached to an aromatic ring is 1. The summed E-state index contributed by atoms with van der Waals surface area (Å²) in [5.41, 5.74) is 9.75. The van der Waals surface area contributed by atoms with Crippen LogP contribution < -0.4 is 15.2 Å². The van der Waals surface area contributed by atoms with Crippen molar-refractivity contribution < 1.29 is 17.5 Å². The second kappa shape index (κ2) is 10.7. The number of thiazole rings is 1. The van der Waals surface area contributed by atoms with Gasteiger partial charge in [-0.1, -0.05) is 50.3 Å². The van der Waals surface area contributed by atoms with E-state index in [-0.39, 0.29) is 21.3 Å². The SMILES string of the molecule is Cc1cccc(C)c1-c1nc(NS(=O)(=O)c2cccnc2N)sc1-c1cc(F)cc(OCCC(C)(C)C)c1. The second-order valence-electron chi connectivity index (χ2n) is 10.3. The van der Waals surface area contributed by atoms with Crippen LogP contribution in [0.1, 0.15) is 38.3 Å². The number of rotatable bonds is 8. The van der Waals surface area contributed by atoms with Crippen molar-refractivity contribution >= 4 is 32.3 Å². The molecule has 200 valence electrons. The molecule has 0 bridgehead atoms. The molecule has 2 aromatic carbocycles. The molecule has 3 N–H and O–H groups in total. The van der Waals surface area contributed by atoms with E-state index in [0.717, 1.165) is 34.4 Å². The van der Waals surface area contributed by atoms with Gasteiger partial charge >= 0.3 is 0 Å². The first-order valence-electron chi connectivity index (χ1n) is 12.1. The van der Waals surface area contributed by atoms with Gasteiger partial charge < -0.3 is 10.5 Å². The van der Waals surface area contributed by atoms with E-state index in [0.29, 0.717) is 28.5 Å². The van der Waals surface area contributed by atoms with Crippen LogP contribution in [0.15, 0.2) is 59.6 Å². The number of sulfonamides is 1. The van der Waals surface area contributed by atoms with E-state index < -0.39 is 15.8 Å². The average Bonchev–Trinajstić information content (AvgIpc) is 3.20. The standard InChI is InChI=1S/C28H31FN4O3S2/c1-17-8-6-9-18(2)23(17)24-25(19-14-20(29)16-21(15-19)36-13-11-28(3,4)5)37-27(32-24)33-38(34,35)22-10-7-12-31-26(22)30/h6-10,12,14-16H,11,13H2,1-5H3,(H2,30,31)(H,32,33). The number of nitrogens with zero attached hydrogens (tertiary/aromatic N) is 2. The van der Waals surface area contributed by atoms with Crippen molar-refractivity contribution in [3.63, 3.8) is 0 Å². The van der Waals surface area contributed by atoms with Crippen LogP contribution in [0.2, 0.25) is 0 Å². The molecule has 2 aromatic heterocycles. The van der Waals surface area contributed by atoms with Gasteiger partial charge in [-0.15, -0.1) is 0 Å². The molecule has 0 aliphatic carbocycles. The first-order valence-corrected chi connectivity index (χ1v) is 14.4. The highest BCUT2D eigenvalue weighted by Crippen LogP contribution is 2.43. The van der Waals surface area contributed by atoms with Gasteiger partial charge in [0.05, 0.1) is 17.2 Å². The number of aryl methyl sites for hydroxylation is 2. The normalized spacial score (nSPS) is 11.9. The van der Waals surface area contributed by atoms with Gasteiger partial charge in [-0.05, 0) is 61.1 Å². The second-order valence-corrected chi connectivity index (χ2v) is 12.9. The van der Waals surface area contributed by atoms with Crippen LogP contribution in [0.5, 0.6) is 5.75 Å². The van der Waals surface area contributed by atoms with Crippen LogP contribution in [-0.4, -0.2) is 25.0 Å². The fraction of sp³-hybridized carbons (Fsp3) is 0.286. The highest BCUT2D eigenvalue weighted by Gasteiger charge is 2.24. The van der Waals surface area contributed by atoms with Gasteiger partial charge in [-0.3, -0.25) is 4.72 Å². The topological polar surface area (TPSA) is 107 Å². The molecule has 0 atom stereocenters. The predicted octanol–water partition coefficient (Wildman–Crippen LogP) is 6.83. The number of benzene rings is 2. The molecule has 0 saturated carbocycles. The molecule has 4 rings (SSSR count). The van der Waals surface area contributed by atoms with Crippen molar-refractivity contribution in [1.29, 1.82) is 0 Å². The summed E-state index contributed by atoms with van der Waals surface area (Å²) in [6.07, 6.45) is 2.22. The lowest BCUT2D eigenvalue weighted by atomic mass is 9.93. The zero-order valence-corrected chi connectivity index (χ0v) is 23.6. The van der Waals surface area contributed by atoms with Gasteiger partial charge in [-0.2, -0.15) is 0 Å². The minimum atomic E-state index is -4.06. The molecule has 0 aliphatic heterocycles. The lowest BCUT2D eigenvalue weighted by molar-refractivity contribution is 0.242. The van der Waals surface area contributed by atoms with Gasteiger partial charge in [0.2, 0.25) is 0 Å². The monoisotopic (exact) mass is 554 g/mol. The molecule has 10 heteroatoms. The zero-order chi connectivity index (χ0) is 27.7. The number of anilines is 2. The van der Waals surface area contributed by atoms with Crippen LogP contribution in [0, 0.1) is 25.1 Å². The summed E-state index contributed by atoms with van der Waals surface area (Å²) < 4.78 is 49.4. The van der Waals surface area contributed by atoms with Crippen molar-refractivity contribution in [2.45, 2.75) is 45.9 Å². The third kappa shape index (κ3) is 6.31. The van der Waals surface area contributed by atoms with Gasteiger partial charge in [0.15, 0.2) is 5.13 Å². The Morgan fingerprint density at radius 1 is 1.08 bits per heavy atom. The molecule has 38 heavy (non-hydrogen) atoms. The zero-order valence-electron chi connectivity index (χ0n) is 22.0. The van der Waals surface area contributed by atoms with Crippen LogP contribution in [0.3, 0.4) is 0 Å². The lowest BCUT2D eigenvalue weighted by Crippen LogP contribution is -2.15. The van der Waals surface area contributed by atoms with Crippen molar-refractivity contribution in [2.24, 2.45) is 5.41 Å². The molecule has 0 fully saturated rings. The van der Waals surface area contributed by atoms with Crippen LogP contribution in [0.4, 0.5) is 15.3 Å². The fourth-order valence-electron chi connectivity index (χ4n) is 3.97. The Kier molecular flexibility index (Phi) is 7.75. The Bertz CT molecular complexity index is 1560. The van der Waals surface area contributed by atoms with E-state index in [4.69, 9.17) is 10.5 Å². The molecule has 0 spiro atoms. The highest BCUT2D eigenvalue weighted by atomic mass is 32.2. The van der Waals surface area contributed by atoms with Crippen LogP contribution in [0.25, 0.3) is 21.7 Å². The van der Waals surface area contributed by atoms with Crippen LogP contribution in [-0.2, 0) is 10.0 Å². The third-order valence-corrected chi connectivity index (χ3v) is 8.45. The molecule has 0 radical (unpaired) electrons. The van der Waals surface area contributed by atoms with Crippen molar-refractivity contribution in [2.75, 3.05) is 17.1 Å². The number of pyridine rings is 1. The molecule has 0 unspecified atom stereocenters. The smallest absolute Gasteiger partial charge is 0.267 e. The quantitative estimate of drug-likeness (QED) is 0.247. The van der Waals surface area contributed by atoms with Crippen molar-refractivity contribution in [3.05, 3.63) is 71.7 Å². The average molecular weight is 555 g/mol. The van der Waals surface area contributed by atoms with Gasteiger partial charge in [-0.25, -0.2) is 22.8 Å². The minimum absolute atomic E-state index is 0.0765. The molecule has 2 heterocycles. The molecular weight excluding hydrogens is 523 g/mol. The van der Waals surface area contributed by atoms with Crippen LogP contribution >= 0.6 is 11.3 Å². The Morgan fingerprint density at radius 3 is 2.45 bits per heavy atom. The first kappa shape index (κ1) is 27.5. The number of halogens is 1. The van der Waals surface area contributed by atoms with E-state index in [1.54, 1.807) is 6.07 Å². The van der Waals surface area contributed by atoms with Gasteiger partial charge in [0.1, 0.15) is 22.3 Å². The third-order valence-electron chi connectivity index (χ3n) is 5.91. The molecular formula is C28H31FN4O3S2. The Hall–Kier alpha value is -3.50. The summed E-state index contributed by atoms with van der Waals surface area (Å²) in [6.45, 7) is 10.7. The minimum Gasteiger partial charge on any atom is -0.493 e. The van der Waals surface area contributed by atoms with Crippen molar-refractivity contribution in [1.82, 2.24) is 9.97 Å². The van der Waals surface area contributed by atoms with E-state index in [1.165, 1.54) is 30.5 Å². The number of hydrogen-bond donors (Lipinski definition) is 2. The Morgan fingerprint density at radius 2 is 1.79 bits per heavy atom.